The molecule has 0 aromatic carbocycles. The van der Waals surface area contributed by atoms with E-state index >= 15 is 0 Å². The lowest BCUT2D eigenvalue weighted by molar-refractivity contribution is -0.117. The fourth-order valence-corrected chi connectivity index (χ4v) is 4.01. The predicted molar refractivity (Wildman–Crippen MR) is 127 cm³/mol. The summed E-state index contributed by atoms with van der Waals surface area (Å²) in [7, 11) is 0. The van der Waals surface area contributed by atoms with Crippen molar-refractivity contribution in [3.8, 4) is 0 Å². The first kappa shape index (κ1) is 23.8. The van der Waals surface area contributed by atoms with E-state index in [1.165, 1.54) is 0 Å². The molecule has 0 bridgehead atoms. The van der Waals surface area contributed by atoms with Crippen LogP contribution in [0.25, 0.3) is 0 Å². The summed E-state index contributed by atoms with van der Waals surface area (Å²) in [6.45, 7) is 12.7. The third kappa shape index (κ3) is 8.49. The maximum absolute atomic E-state index is 11.8. The van der Waals surface area contributed by atoms with Crippen LogP contribution in [0.3, 0.4) is 0 Å². The van der Waals surface area contributed by atoms with Crippen molar-refractivity contribution in [2.45, 2.75) is 67.2 Å². The monoisotopic (exact) mass is 404 g/mol. The second kappa shape index (κ2) is 10.0. The Balaban J connectivity index is 1.92. The molecular weight excluding hydrogens is 368 g/mol. The highest BCUT2D eigenvalue weighted by atomic mass is 16.1. The van der Waals surface area contributed by atoms with Crippen molar-refractivity contribution in [1.29, 1.82) is 0 Å². The first-order chi connectivity index (χ1) is 13.9. The fraction of sp³-hybridized carbons (Fsp3) is 0.429. The molecule has 0 heterocycles. The standard InChI is InChI=1S/C28H36O2/c1-21(11-13-23-15-25(29)19-27(3,4)17-23)9-7-8-10-22(2)12-14-24-16-26(30)20-28(5,6)18-24/h7-16H,17-20H2,1-6H3/b8-7+,13-11+,14-12+,21-9+,22-10+. The van der Waals surface area contributed by atoms with E-state index in [0.717, 1.165) is 35.1 Å². The largest absolute Gasteiger partial charge is 0.295 e. The Kier molecular flexibility index (Phi) is 7.95. The van der Waals surface area contributed by atoms with Gasteiger partial charge in [0.2, 0.25) is 0 Å². The molecule has 30 heavy (non-hydrogen) atoms. The lowest BCUT2D eigenvalue weighted by Gasteiger charge is -2.27. The molecule has 0 atom stereocenters. The number of ketones is 2. The van der Waals surface area contributed by atoms with Gasteiger partial charge in [-0.1, -0.05) is 87.4 Å². The molecule has 2 nitrogen and oxygen atoms in total. The summed E-state index contributed by atoms with van der Waals surface area (Å²) < 4.78 is 0. The van der Waals surface area contributed by atoms with Crippen molar-refractivity contribution in [2.75, 3.05) is 0 Å². The van der Waals surface area contributed by atoms with Crippen molar-refractivity contribution >= 4 is 11.6 Å². The molecule has 0 aliphatic heterocycles. The van der Waals surface area contributed by atoms with E-state index in [9.17, 15) is 9.59 Å². The highest BCUT2D eigenvalue weighted by Crippen LogP contribution is 2.35. The second-order valence-corrected chi connectivity index (χ2v) is 10.3. The van der Waals surface area contributed by atoms with Crippen molar-refractivity contribution in [2.24, 2.45) is 10.8 Å². The van der Waals surface area contributed by atoms with Crippen LogP contribution in [0.2, 0.25) is 0 Å². The van der Waals surface area contributed by atoms with Crippen LogP contribution in [0.15, 0.2) is 83.1 Å². The van der Waals surface area contributed by atoms with E-state index in [4.69, 9.17) is 0 Å². The Bertz CT molecular complexity index is 819. The zero-order valence-electron chi connectivity index (χ0n) is 19.4. The average Bonchev–Trinajstić information content (AvgIpc) is 2.58. The third-order valence-corrected chi connectivity index (χ3v) is 5.31. The summed E-state index contributed by atoms with van der Waals surface area (Å²) in [4.78, 5) is 23.7. The van der Waals surface area contributed by atoms with Gasteiger partial charge in [-0.25, -0.2) is 0 Å². The normalized spacial score (nSPS) is 22.9. The molecule has 0 unspecified atom stereocenters. The van der Waals surface area contributed by atoms with Crippen LogP contribution >= 0.6 is 0 Å². The number of hydrogen-bond donors (Lipinski definition) is 0. The van der Waals surface area contributed by atoms with Crippen LogP contribution in [0.5, 0.6) is 0 Å². The van der Waals surface area contributed by atoms with E-state index < -0.39 is 0 Å². The summed E-state index contributed by atoms with van der Waals surface area (Å²) >= 11 is 0. The van der Waals surface area contributed by atoms with E-state index in [2.05, 4.69) is 78.0 Å². The summed E-state index contributed by atoms with van der Waals surface area (Å²) in [6.07, 6.45) is 23.1. The van der Waals surface area contributed by atoms with Gasteiger partial charge in [-0.15, -0.1) is 0 Å². The predicted octanol–water partition coefficient (Wildman–Crippen LogP) is 7.18. The van der Waals surface area contributed by atoms with Gasteiger partial charge in [0, 0.05) is 12.8 Å². The maximum Gasteiger partial charge on any atom is 0.156 e. The van der Waals surface area contributed by atoms with Crippen molar-refractivity contribution < 1.29 is 9.59 Å². The maximum atomic E-state index is 11.8. The Labute approximate surface area is 182 Å². The molecular formula is C28H36O2. The number of carbonyl (C=O) groups is 2. The first-order valence-electron chi connectivity index (χ1n) is 10.8. The molecule has 0 aromatic rings. The Morgan fingerprint density at radius 2 is 1.07 bits per heavy atom. The highest BCUT2D eigenvalue weighted by molar-refractivity contribution is 5.92. The van der Waals surface area contributed by atoms with Gasteiger partial charge in [0.1, 0.15) is 0 Å². The van der Waals surface area contributed by atoms with Gasteiger partial charge < -0.3 is 0 Å². The molecule has 0 amide bonds. The minimum atomic E-state index is 0.0512. The van der Waals surface area contributed by atoms with Crippen LogP contribution < -0.4 is 0 Å². The smallest absolute Gasteiger partial charge is 0.156 e. The first-order valence-corrected chi connectivity index (χ1v) is 10.8. The van der Waals surface area contributed by atoms with Crippen LogP contribution in [0.1, 0.15) is 67.2 Å². The van der Waals surface area contributed by atoms with Crippen LogP contribution in [-0.2, 0) is 9.59 Å². The van der Waals surface area contributed by atoms with Gasteiger partial charge in [-0.05, 0) is 60.8 Å². The van der Waals surface area contributed by atoms with Crippen molar-refractivity contribution in [3.05, 3.63) is 83.1 Å². The molecule has 0 radical (unpaired) electrons. The minimum absolute atomic E-state index is 0.0512. The van der Waals surface area contributed by atoms with Gasteiger partial charge >= 0.3 is 0 Å². The summed E-state index contributed by atoms with van der Waals surface area (Å²) in [5.41, 5.74) is 4.58. The molecule has 0 aromatic heterocycles. The second-order valence-electron chi connectivity index (χ2n) is 10.3. The van der Waals surface area contributed by atoms with Crippen molar-refractivity contribution in [1.82, 2.24) is 0 Å². The minimum Gasteiger partial charge on any atom is -0.295 e. The third-order valence-electron chi connectivity index (χ3n) is 5.31. The Morgan fingerprint density at radius 3 is 1.40 bits per heavy atom. The van der Waals surface area contributed by atoms with Crippen LogP contribution in [-0.4, -0.2) is 11.6 Å². The molecule has 2 aliphatic rings. The van der Waals surface area contributed by atoms with Gasteiger partial charge in [0.15, 0.2) is 11.6 Å². The summed E-state index contributed by atoms with van der Waals surface area (Å²) in [5, 5.41) is 0. The topological polar surface area (TPSA) is 34.1 Å². The average molecular weight is 405 g/mol. The lowest BCUT2D eigenvalue weighted by atomic mass is 9.76. The van der Waals surface area contributed by atoms with Gasteiger partial charge in [0.05, 0.1) is 0 Å². The van der Waals surface area contributed by atoms with Gasteiger partial charge in [-0.2, -0.15) is 0 Å². The molecule has 2 aliphatic carbocycles. The highest BCUT2D eigenvalue weighted by Gasteiger charge is 2.27. The van der Waals surface area contributed by atoms with Crippen LogP contribution in [0.4, 0.5) is 0 Å². The van der Waals surface area contributed by atoms with E-state index in [1.807, 2.05) is 12.2 Å². The Morgan fingerprint density at radius 1 is 0.700 bits per heavy atom. The van der Waals surface area contributed by atoms with Gasteiger partial charge in [-0.3, -0.25) is 9.59 Å². The quantitative estimate of drug-likeness (QED) is 0.439. The van der Waals surface area contributed by atoms with E-state index in [1.54, 1.807) is 12.2 Å². The summed E-state index contributed by atoms with van der Waals surface area (Å²) in [5.74, 6) is 0.441. The lowest BCUT2D eigenvalue weighted by Crippen LogP contribution is -2.21. The van der Waals surface area contributed by atoms with E-state index in [-0.39, 0.29) is 22.4 Å². The number of allylic oxidation sites excluding steroid dienone is 14. The molecule has 2 heteroatoms. The number of carbonyl (C=O) groups excluding carboxylic acids is 2. The molecule has 0 saturated carbocycles. The molecule has 0 saturated heterocycles. The molecule has 2 rings (SSSR count). The number of rotatable bonds is 6. The SMILES string of the molecule is CC(/C=C/C1=CC(=O)CC(C)(C)C1)=C\C=C\C=C(C)\C=C\C1=CC(=O)CC(C)(C)C1. The molecule has 0 spiro atoms. The molecule has 0 N–H and O–H groups in total. The number of hydrogen-bond acceptors (Lipinski definition) is 2. The zero-order valence-corrected chi connectivity index (χ0v) is 19.4. The zero-order chi connectivity index (χ0) is 22.4. The van der Waals surface area contributed by atoms with Gasteiger partial charge in [0.25, 0.3) is 0 Å². The Hall–Kier alpha value is -2.48. The molecule has 160 valence electrons. The summed E-state index contributed by atoms with van der Waals surface area (Å²) in [6, 6.07) is 0. The van der Waals surface area contributed by atoms with Crippen molar-refractivity contribution in [3.63, 3.8) is 0 Å². The molecule has 0 fully saturated rings. The fourth-order valence-electron chi connectivity index (χ4n) is 4.01. The van der Waals surface area contributed by atoms with Crippen LogP contribution in [0, 0.1) is 10.8 Å². The van der Waals surface area contributed by atoms with E-state index in [0.29, 0.717) is 12.8 Å².